The number of aliphatic carboxylic acids is 1. The lowest BCUT2D eigenvalue weighted by Crippen LogP contribution is -2.58. The second-order valence-corrected chi connectivity index (χ2v) is 6.08. The molecule has 1 amide bonds. The monoisotopic (exact) mass is 272 g/mol. The zero-order valence-electron chi connectivity index (χ0n) is 11.9. The predicted molar refractivity (Wildman–Crippen MR) is 71.1 cm³/mol. The van der Waals surface area contributed by atoms with E-state index in [4.69, 9.17) is 9.84 Å². The third-order valence-electron chi connectivity index (χ3n) is 3.06. The van der Waals surface area contributed by atoms with Gasteiger partial charge < -0.3 is 20.5 Å². The molecule has 0 saturated carbocycles. The number of carboxylic acid groups (broad SMARTS) is 1. The topological polar surface area (TPSA) is 87.7 Å². The van der Waals surface area contributed by atoms with E-state index in [-0.39, 0.29) is 6.42 Å². The molecule has 1 rings (SSSR count). The molecule has 19 heavy (non-hydrogen) atoms. The van der Waals surface area contributed by atoms with Crippen LogP contribution in [0.1, 0.15) is 46.5 Å². The Morgan fingerprint density at radius 1 is 1.42 bits per heavy atom. The van der Waals surface area contributed by atoms with Gasteiger partial charge in [0.1, 0.15) is 5.60 Å². The van der Waals surface area contributed by atoms with E-state index in [1.807, 2.05) is 0 Å². The Kier molecular flexibility index (Phi) is 5.17. The summed E-state index contributed by atoms with van der Waals surface area (Å²) in [4.78, 5) is 22.6. The molecule has 0 aliphatic carbocycles. The maximum atomic E-state index is 11.9. The van der Waals surface area contributed by atoms with Crippen molar-refractivity contribution in [3.05, 3.63) is 0 Å². The van der Waals surface area contributed by atoms with Gasteiger partial charge in [-0.05, 0) is 46.6 Å². The molecule has 0 aromatic heterocycles. The van der Waals surface area contributed by atoms with Crippen LogP contribution in [0.4, 0.5) is 4.79 Å². The van der Waals surface area contributed by atoms with E-state index in [0.29, 0.717) is 13.0 Å². The molecule has 6 nitrogen and oxygen atoms in total. The molecule has 1 aliphatic rings. The van der Waals surface area contributed by atoms with Crippen LogP contribution in [0.15, 0.2) is 0 Å². The van der Waals surface area contributed by atoms with Crippen LogP contribution in [0, 0.1) is 0 Å². The van der Waals surface area contributed by atoms with Crippen molar-refractivity contribution in [3.63, 3.8) is 0 Å². The summed E-state index contributed by atoms with van der Waals surface area (Å²) < 4.78 is 5.25. The van der Waals surface area contributed by atoms with Crippen LogP contribution in [-0.4, -0.2) is 41.4 Å². The van der Waals surface area contributed by atoms with Gasteiger partial charge in [0.25, 0.3) is 0 Å². The number of carbonyl (C=O) groups is 2. The lowest BCUT2D eigenvalue weighted by Gasteiger charge is -2.38. The lowest BCUT2D eigenvalue weighted by molar-refractivity contribution is -0.137. The van der Waals surface area contributed by atoms with Gasteiger partial charge in [0, 0.05) is 13.0 Å². The van der Waals surface area contributed by atoms with Crippen LogP contribution < -0.4 is 10.6 Å². The molecule has 1 heterocycles. The van der Waals surface area contributed by atoms with E-state index in [0.717, 1.165) is 19.4 Å². The summed E-state index contributed by atoms with van der Waals surface area (Å²) in [5.41, 5.74) is -1.07. The Morgan fingerprint density at radius 2 is 2.11 bits per heavy atom. The van der Waals surface area contributed by atoms with Gasteiger partial charge in [-0.1, -0.05) is 0 Å². The van der Waals surface area contributed by atoms with Gasteiger partial charge in [-0.3, -0.25) is 4.79 Å². The summed E-state index contributed by atoms with van der Waals surface area (Å²) in [6.45, 7) is 6.88. The molecular weight excluding hydrogens is 248 g/mol. The van der Waals surface area contributed by atoms with E-state index < -0.39 is 23.2 Å². The number of ether oxygens (including phenoxy) is 1. The zero-order valence-corrected chi connectivity index (χ0v) is 11.9. The number of carboxylic acids is 1. The highest BCUT2D eigenvalue weighted by Crippen LogP contribution is 2.23. The van der Waals surface area contributed by atoms with Crippen LogP contribution in [0.5, 0.6) is 0 Å². The maximum Gasteiger partial charge on any atom is 0.408 e. The van der Waals surface area contributed by atoms with Gasteiger partial charge in [-0.15, -0.1) is 0 Å². The lowest BCUT2D eigenvalue weighted by atomic mass is 9.85. The third kappa shape index (κ3) is 5.92. The van der Waals surface area contributed by atoms with E-state index in [1.54, 1.807) is 20.8 Å². The molecule has 3 N–H and O–H groups in total. The Morgan fingerprint density at radius 3 is 2.58 bits per heavy atom. The van der Waals surface area contributed by atoms with Crippen LogP contribution in [-0.2, 0) is 9.53 Å². The van der Waals surface area contributed by atoms with E-state index in [1.165, 1.54) is 0 Å². The normalized spacial score (nSPS) is 23.7. The number of rotatable bonds is 4. The van der Waals surface area contributed by atoms with Crippen molar-refractivity contribution in [2.45, 2.75) is 57.6 Å². The summed E-state index contributed by atoms with van der Waals surface area (Å²) in [5, 5.41) is 14.9. The van der Waals surface area contributed by atoms with Crippen molar-refractivity contribution < 1.29 is 19.4 Å². The minimum absolute atomic E-state index is 0.0392. The van der Waals surface area contributed by atoms with Crippen molar-refractivity contribution in [3.8, 4) is 0 Å². The minimum atomic E-state index is -0.851. The van der Waals surface area contributed by atoms with Gasteiger partial charge in [-0.2, -0.15) is 0 Å². The summed E-state index contributed by atoms with van der Waals surface area (Å²) in [5.74, 6) is -0.851. The van der Waals surface area contributed by atoms with Gasteiger partial charge in [-0.25, -0.2) is 4.79 Å². The second-order valence-electron chi connectivity index (χ2n) is 6.08. The summed E-state index contributed by atoms with van der Waals surface area (Å²) in [6.07, 6.45) is 1.65. The number of piperidine rings is 1. The van der Waals surface area contributed by atoms with Crippen molar-refractivity contribution in [2.75, 3.05) is 13.1 Å². The van der Waals surface area contributed by atoms with Gasteiger partial charge in [0.05, 0.1) is 5.54 Å². The van der Waals surface area contributed by atoms with Crippen LogP contribution >= 0.6 is 0 Å². The van der Waals surface area contributed by atoms with Crippen LogP contribution in [0.3, 0.4) is 0 Å². The molecule has 0 spiro atoms. The molecule has 0 aromatic carbocycles. The fourth-order valence-electron chi connectivity index (χ4n) is 2.22. The number of hydrogen-bond acceptors (Lipinski definition) is 4. The second kappa shape index (κ2) is 6.23. The molecule has 0 bridgehead atoms. The Hall–Kier alpha value is -1.30. The molecule has 1 fully saturated rings. The van der Waals surface area contributed by atoms with Crippen molar-refractivity contribution in [2.24, 2.45) is 0 Å². The van der Waals surface area contributed by atoms with Crippen molar-refractivity contribution in [1.29, 1.82) is 0 Å². The van der Waals surface area contributed by atoms with Crippen LogP contribution in [0.25, 0.3) is 0 Å². The molecular formula is C13H24N2O4. The quantitative estimate of drug-likeness (QED) is 0.722. The van der Waals surface area contributed by atoms with Gasteiger partial charge in [0.15, 0.2) is 0 Å². The summed E-state index contributed by atoms with van der Waals surface area (Å²) >= 11 is 0. The fraction of sp³-hybridized carbons (Fsp3) is 0.846. The number of carbonyl (C=O) groups excluding carboxylic acids is 1. The zero-order chi connectivity index (χ0) is 14.5. The number of alkyl carbamates (subject to hydrolysis) is 1. The number of amides is 1. The minimum Gasteiger partial charge on any atom is -0.481 e. The van der Waals surface area contributed by atoms with Crippen LogP contribution in [0.2, 0.25) is 0 Å². The van der Waals surface area contributed by atoms with E-state index >= 15 is 0 Å². The van der Waals surface area contributed by atoms with E-state index in [2.05, 4.69) is 10.6 Å². The molecule has 6 heteroatoms. The SMILES string of the molecule is CC(C)(C)OC(=O)N[C@@]1(CCC(=O)O)CCCNC1. The first-order valence-corrected chi connectivity index (χ1v) is 6.66. The first kappa shape index (κ1) is 15.8. The molecule has 110 valence electrons. The third-order valence-corrected chi connectivity index (χ3v) is 3.06. The summed E-state index contributed by atoms with van der Waals surface area (Å²) in [6, 6.07) is 0. The molecule has 0 aromatic rings. The number of nitrogens with one attached hydrogen (secondary N) is 2. The highest BCUT2D eigenvalue weighted by molar-refractivity contribution is 5.70. The molecule has 1 saturated heterocycles. The highest BCUT2D eigenvalue weighted by atomic mass is 16.6. The summed E-state index contributed by atoms with van der Waals surface area (Å²) in [7, 11) is 0. The molecule has 1 atom stereocenters. The fourth-order valence-corrected chi connectivity index (χ4v) is 2.22. The van der Waals surface area contributed by atoms with Gasteiger partial charge >= 0.3 is 12.1 Å². The Labute approximate surface area is 113 Å². The average Bonchev–Trinajstić information content (AvgIpc) is 2.25. The Balaban J connectivity index is 2.63. The van der Waals surface area contributed by atoms with E-state index in [9.17, 15) is 9.59 Å². The smallest absolute Gasteiger partial charge is 0.408 e. The maximum absolute atomic E-state index is 11.9. The predicted octanol–water partition coefficient (Wildman–Crippen LogP) is 1.50. The highest BCUT2D eigenvalue weighted by Gasteiger charge is 2.35. The Bertz CT molecular complexity index is 330. The molecule has 0 radical (unpaired) electrons. The first-order chi connectivity index (χ1) is 8.72. The average molecular weight is 272 g/mol. The standard InChI is InChI=1S/C13H24N2O4/c1-12(2,3)19-11(18)15-13(7-5-10(16)17)6-4-8-14-9-13/h14H,4-9H2,1-3H3,(H,15,18)(H,16,17)/t13-/m1/s1. The molecule has 1 aliphatic heterocycles. The number of hydrogen-bond donors (Lipinski definition) is 3. The molecule has 0 unspecified atom stereocenters. The van der Waals surface area contributed by atoms with Crippen molar-refractivity contribution >= 4 is 12.1 Å². The van der Waals surface area contributed by atoms with Gasteiger partial charge in [0.2, 0.25) is 0 Å². The van der Waals surface area contributed by atoms with Crippen molar-refractivity contribution in [1.82, 2.24) is 10.6 Å². The first-order valence-electron chi connectivity index (χ1n) is 6.66. The largest absolute Gasteiger partial charge is 0.481 e.